The van der Waals surface area contributed by atoms with E-state index < -0.39 is 0 Å². The molecule has 2 heterocycles. The van der Waals surface area contributed by atoms with Gasteiger partial charge in [-0.1, -0.05) is 11.6 Å². The van der Waals surface area contributed by atoms with Gasteiger partial charge in [-0.05, 0) is 19.1 Å². The SMILES string of the molecule is CC1CN(C(=O)c2ccc(Cl)nc2)CC(CO)O1. The monoisotopic (exact) mass is 270 g/mol. The Morgan fingerprint density at radius 2 is 2.39 bits per heavy atom. The van der Waals surface area contributed by atoms with Crippen LogP contribution in [0, 0.1) is 0 Å². The quantitative estimate of drug-likeness (QED) is 0.813. The van der Waals surface area contributed by atoms with Crippen molar-refractivity contribution in [2.45, 2.75) is 19.1 Å². The van der Waals surface area contributed by atoms with Crippen molar-refractivity contribution < 1.29 is 14.6 Å². The molecule has 1 saturated heterocycles. The van der Waals surface area contributed by atoms with Crippen LogP contribution < -0.4 is 0 Å². The minimum Gasteiger partial charge on any atom is -0.394 e. The Balaban J connectivity index is 2.10. The zero-order chi connectivity index (χ0) is 13.1. The normalized spacial score (nSPS) is 24.1. The minimum atomic E-state index is -0.321. The second-order valence-electron chi connectivity index (χ2n) is 4.33. The van der Waals surface area contributed by atoms with E-state index >= 15 is 0 Å². The van der Waals surface area contributed by atoms with Gasteiger partial charge in [-0.25, -0.2) is 4.98 Å². The van der Waals surface area contributed by atoms with Crippen molar-refractivity contribution in [1.82, 2.24) is 9.88 Å². The molecular formula is C12H15ClN2O3. The molecule has 0 bridgehead atoms. The Labute approximate surface area is 110 Å². The van der Waals surface area contributed by atoms with Crippen LogP contribution in [-0.2, 0) is 4.74 Å². The molecule has 98 valence electrons. The third kappa shape index (κ3) is 2.98. The molecule has 18 heavy (non-hydrogen) atoms. The molecule has 0 spiro atoms. The highest BCUT2D eigenvalue weighted by Crippen LogP contribution is 2.15. The lowest BCUT2D eigenvalue weighted by Crippen LogP contribution is -2.50. The summed E-state index contributed by atoms with van der Waals surface area (Å²) < 4.78 is 5.49. The van der Waals surface area contributed by atoms with Gasteiger partial charge in [-0.2, -0.15) is 0 Å². The van der Waals surface area contributed by atoms with Crippen molar-refractivity contribution in [3.05, 3.63) is 29.0 Å². The first kappa shape index (κ1) is 13.3. The first-order valence-corrected chi connectivity index (χ1v) is 6.15. The highest BCUT2D eigenvalue weighted by molar-refractivity contribution is 6.29. The molecule has 2 rings (SSSR count). The van der Waals surface area contributed by atoms with Crippen LogP contribution in [0.2, 0.25) is 5.15 Å². The third-order valence-electron chi connectivity index (χ3n) is 2.79. The molecule has 1 fully saturated rings. The Bertz CT molecular complexity index is 424. The number of carbonyl (C=O) groups is 1. The summed E-state index contributed by atoms with van der Waals surface area (Å²) in [6, 6.07) is 3.23. The summed E-state index contributed by atoms with van der Waals surface area (Å²) in [5, 5.41) is 9.48. The summed E-state index contributed by atoms with van der Waals surface area (Å²) in [6.45, 7) is 2.69. The van der Waals surface area contributed by atoms with Crippen molar-refractivity contribution in [3.8, 4) is 0 Å². The number of hydrogen-bond donors (Lipinski definition) is 1. The summed E-state index contributed by atoms with van der Waals surface area (Å²) >= 11 is 5.68. The fraction of sp³-hybridized carbons (Fsp3) is 0.500. The summed E-state index contributed by atoms with van der Waals surface area (Å²) in [4.78, 5) is 17.8. The van der Waals surface area contributed by atoms with Crippen LogP contribution in [0.5, 0.6) is 0 Å². The van der Waals surface area contributed by atoms with Crippen molar-refractivity contribution in [1.29, 1.82) is 0 Å². The zero-order valence-electron chi connectivity index (χ0n) is 10.0. The molecule has 1 N–H and O–H groups in total. The number of nitrogens with zero attached hydrogens (tertiary/aromatic N) is 2. The van der Waals surface area contributed by atoms with Crippen LogP contribution in [0.25, 0.3) is 0 Å². The lowest BCUT2D eigenvalue weighted by atomic mass is 10.2. The van der Waals surface area contributed by atoms with Gasteiger partial charge in [-0.15, -0.1) is 0 Å². The number of halogens is 1. The molecule has 2 atom stereocenters. The largest absolute Gasteiger partial charge is 0.394 e. The van der Waals surface area contributed by atoms with Crippen molar-refractivity contribution in [2.75, 3.05) is 19.7 Å². The van der Waals surface area contributed by atoms with Crippen molar-refractivity contribution in [2.24, 2.45) is 0 Å². The van der Waals surface area contributed by atoms with E-state index in [2.05, 4.69) is 4.98 Å². The first-order valence-electron chi connectivity index (χ1n) is 5.77. The number of hydrogen-bond acceptors (Lipinski definition) is 4. The number of aliphatic hydroxyl groups excluding tert-OH is 1. The molecule has 0 aliphatic carbocycles. The average Bonchev–Trinajstić information content (AvgIpc) is 2.38. The van der Waals surface area contributed by atoms with E-state index in [-0.39, 0.29) is 24.7 Å². The van der Waals surface area contributed by atoms with E-state index in [0.717, 1.165) is 0 Å². The maximum Gasteiger partial charge on any atom is 0.255 e. The number of pyridine rings is 1. The summed E-state index contributed by atoms with van der Waals surface area (Å²) in [5.41, 5.74) is 0.491. The predicted octanol–water partition coefficient (Wildman–Crippen LogP) is 0.957. The highest BCUT2D eigenvalue weighted by atomic mass is 35.5. The molecule has 0 saturated carbocycles. The Morgan fingerprint density at radius 1 is 1.61 bits per heavy atom. The summed E-state index contributed by atoms with van der Waals surface area (Å²) in [6.07, 6.45) is 1.05. The van der Waals surface area contributed by atoms with E-state index in [4.69, 9.17) is 21.4 Å². The van der Waals surface area contributed by atoms with Gasteiger partial charge in [-0.3, -0.25) is 4.79 Å². The van der Waals surface area contributed by atoms with Crippen LogP contribution in [0.3, 0.4) is 0 Å². The molecule has 6 heteroatoms. The summed E-state index contributed by atoms with van der Waals surface area (Å²) in [5.74, 6) is -0.118. The van der Waals surface area contributed by atoms with E-state index in [9.17, 15) is 4.79 Å². The maximum atomic E-state index is 12.2. The molecule has 1 aromatic rings. The molecular weight excluding hydrogens is 256 g/mol. The van der Waals surface area contributed by atoms with Crippen molar-refractivity contribution >= 4 is 17.5 Å². The Hall–Kier alpha value is -1.17. The smallest absolute Gasteiger partial charge is 0.255 e. The van der Waals surface area contributed by atoms with E-state index in [0.29, 0.717) is 23.8 Å². The molecule has 1 amide bonds. The van der Waals surface area contributed by atoms with Crippen LogP contribution in [0.4, 0.5) is 0 Å². The fourth-order valence-corrected chi connectivity index (χ4v) is 2.11. The van der Waals surface area contributed by atoms with E-state index in [1.54, 1.807) is 17.0 Å². The number of aliphatic hydroxyl groups is 1. The first-order chi connectivity index (χ1) is 8.60. The van der Waals surface area contributed by atoms with Gasteiger partial charge in [0.2, 0.25) is 0 Å². The number of morpholine rings is 1. The molecule has 0 aromatic carbocycles. The average molecular weight is 271 g/mol. The van der Waals surface area contributed by atoms with Crippen molar-refractivity contribution in [3.63, 3.8) is 0 Å². The van der Waals surface area contributed by atoms with Crippen LogP contribution >= 0.6 is 11.6 Å². The second-order valence-corrected chi connectivity index (χ2v) is 4.72. The molecule has 1 aromatic heterocycles. The van der Waals surface area contributed by atoms with Gasteiger partial charge >= 0.3 is 0 Å². The Kier molecular flexibility index (Phi) is 4.16. The lowest BCUT2D eigenvalue weighted by Gasteiger charge is -2.36. The highest BCUT2D eigenvalue weighted by Gasteiger charge is 2.28. The van der Waals surface area contributed by atoms with Crippen LogP contribution in [0.15, 0.2) is 18.3 Å². The topological polar surface area (TPSA) is 62.7 Å². The van der Waals surface area contributed by atoms with E-state index in [1.807, 2.05) is 6.92 Å². The van der Waals surface area contributed by atoms with E-state index in [1.165, 1.54) is 6.20 Å². The van der Waals surface area contributed by atoms with Gasteiger partial charge in [0.05, 0.1) is 24.4 Å². The fourth-order valence-electron chi connectivity index (χ4n) is 2.00. The predicted molar refractivity (Wildman–Crippen MR) is 66.6 cm³/mol. The second kappa shape index (κ2) is 5.65. The maximum absolute atomic E-state index is 12.2. The molecule has 1 aliphatic heterocycles. The molecule has 5 nitrogen and oxygen atoms in total. The van der Waals surface area contributed by atoms with Gasteiger partial charge in [0.1, 0.15) is 5.15 Å². The number of aromatic nitrogens is 1. The molecule has 0 radical (unpaired) electrons. The van der Waals surface area contributed by atoms with Crippen LogP contribution in [-0.4, -0.2) is 52.8 Å². The standard InChI is InChI=1S/C12H15ClN2O3/c1-8-5-15(6-10(7-16)18-8)12(17)9-2-3-11(13)14-4-9/h2-4,8,10,16H,5-7H2,1H3. The van der Waals surface area contributed by atoms with Gasteiger partial charge in [0, 0.05) is 19.3 Å². The Morgan fingerprint density at radius 3 is 3.00 bits per heavy atom. The number of amides is 1. The molecule has 1 aliphatic rings. The number of ether oxygens (including phenoxy) is 1. The van der Waals surface area contributed by atoms with Gasteiger partial charge in [0.25, 0.3) is 5.91 Å². The van der Waals surface area contributed by atoms with Gasteiger partial charge < -0.3 is 14.7 Å². The third-order valence-corrected chi connectivity index (χ3v) is 3.02. The minimum absolute atomic E-state index is 0.0832. The number of rotatable bonds is 2. The zero-order valence-corrected chi connectivity index (χ0v) is 10.8. The summed E-state index contributed by atoms with van der Waals surface area (Å²) in [7, 11) is 0. The molecule has 2 unspecified atom stereocenters. The van der Waals surface area contributed by atoms with Gasteiger partial charge in [0.15, 0.2) is 0 Å². The lowest BCUT2D eigenvalue weighted by molar-refractivity contribution is -0.0858. The van der Waals surface area contributed by atoms with Crippen LogP contribution in [0.1, 0.15) is 17.3 Å². The number of carbonyl (C=O) groups excluding carboxylic acids is 1.